The molecule has 0 saturated carbocycles. The van der Waals surface area contributed by atoms with Gasteiger partial charge in [0.25, 0.3) is 0 Å². The summed E-state index contributed by atoms with van der Waals surface area (Å²) in [5, 5.41) is 13.0. The van der Waals surface area contributed by atoms with Gasteiger partial charge in [0.1, 0.15) is 6.07 Å². The summed E-state index contributed by atoms with van der Waals surface area (Å²) < 4.78 is 5.75. The molecular weight excluding hydrogens is 322 g/mol. The van der Waals surface area contributed by atoms with Crippen molar-refractivity contribution in [3.05, 3.63) is 58.7 Å². The van der Waals surface area contributed by atoms with Gasteiger partial charge in [0.2, 0.25) is 5.88 Å². The molecule has 0 bridgehead atoms. The van der Waals surface area contributed by atoms with Gasteiger partial charge in [-0.3, -0.25) is 0 Å². The number of halogens is 1. The van der Waals surface area contributed by atoms with Crippen LogP contribution >= 0.6 is 11.6 Å². The van der Waals surface area contributed by atoms with Gasteiger partial charge in [-0.25, -0.2) is 4.98 Å². The maximum absolute atomic E-state index is 8.78. The fraction of sp³-hybridized carbons (Fsp3) is 0.368. The smallest absolute Gasteiger partial charge is 0.213 e. The minimum absolute atomic E-state index is 0.480. The zero-order valence-electron chi connectivity index (χ0n) is 13.4. The van der Waals surface area contributed by atoms with E-state index in [2.05, 4.69) is 28.5 Å². The lowest BCUT2D eigenvalue weighted by atomic mass is 9.80. The van der Waals surface area contributed by atoms with E-state index in [-0.39, 0.29) is 0 Å². The summed E-state index contributed by atoms with van der Waals surface area (Å²) in [6.45, 7) is 2.67. The van der Waals surface area contributed by atoms with E-state index in [1.807, 2.05) is 12.1 Å². The molecule has 0 aliphatic carbocycles. The van der Waals surface area contributed by atoms with Crippen molar-refractivity contribution in [1.82, 2.24) is 10.3 Å². The number of aromatic nitrogens is 1. The highest BCUT2D eigenvalue weighted by Crippen LogP contribution is 2.32. The van der Waals surface area contributed by atoms with E-state index in [9.17, 15) is 0 Å². The van der Waals surface area contributed by atoms with Gasteiger partial charge in [-0.1, -0.05) is 23.7 Å². The van der Waals surface area contributed by atoms with Crippen LogP contribution in [0.25, 0.3) is 0 Å². The first-order chi connectivity index (χ1) is 11.8. The van der Waals surface area contributed by atoms with Crippen LogP contribution in [0.2, 0.25) is 5.02 Å². The highest BCUT2D eigenvalue weighted by Gasteiger charge is 2.26. The lowest BCUT2D eigenvalue weighted by molar-refractivity contribution is 0.227. The summed E-state index contributed by atoms with van der Waals surface area (Å²) in [5.74, 6) is 1.63. The average Bonchev–Trinajstić information content (AvgIpc) is 2.63. The average molecular weight is 342 g/mol. The third-order valence-electron chi connectivity index (χ3n) is 4.53. The topological polar surface area (TPSA) is 57.9 Å². The van der Waals surface area contributed by atoms with Crippen molar-refractivity contribution in [1.29, 1.82) is 5.26 Å². The number of hydrogen-bond donors (Lipinski definition) is 1. The predicted molar refractivity (Wildman–Crippen MR) is 94.2 cm³/mol. The monoisotopic (exact) mass is 341 g/mol. The largest absolute Gasteiger partial charge is 0.478 e. The van der Waals surface area contributed by atoms with Crippen LogP contribution in [0.15, 0.2) is 42.6 Å². The first-order valence-electron chi connectivity index (χ1n) is 8.21. The fourth-order valence-electron chi connectivity index (χ4n) is 3.21. The second-order valence-corrected chi connectivity index (χ2v) is 6.48. The van der Waals surface area contributed by atoms with Crippen LogP contribution in [0.5, 0.6) is 5.88 Å². The van der Waals surface area contributed by atoms with Gasteiger partial charge < -0.3 is 10.1 Å². The van der Waals surface area contributed by atoms with Gasteiger partial charge in [0.05, 0.1) is 12.2 Å². The number of rotatable bonds is 5. The summed E-state index contributed by atoms with van der Waals surface area (Å²) in [6, 6.07) is 13.7. The van der Waals surface area contributed by atoms with Gasteiger partial charge in [0.15, 0.2) is 0 Å². The molecule has 1 saturated heterocycles. The summed E-state index contributed by atoms with van der Waals surface area (Å²) in [6.07, 6.45) is 3.66. The Morgan fingerprint density at radius 1 is 1.25 bits per heavy atom. The quantitative estimate of drug-likeness (QED) is 0.899. The zero-order valence-corrected chi connectivity index (χ0v) is 14.2. The molecular formula is C19H20ClN3O. The fourth-order valence-corrected chi connectivity index (χ4v) is 3.33. The van der Waals surface area contributed by atoms with Crippen LogP contribution < -0.4 is 10.1 Å². The molecule has 0 radical (unpaired) electrons. The van der Waals surface area contributed by atoms with Gasteiger partial charge in [0, 0.05) is 23.8 Å². The third-order valence-corrected chi connectivity index (χ3v) is 4.78. The lowest BCUT2D eigenvalue weighted by Gasteiger charge is -2.32. The molecule has 1 aromatic carbocycles. The van der Waals surface area contributed by atoms with Crippen molar-refractivity contribution in [2.45, 2.75) is 18.8 Å². The number of nitrogens with one attached hydrogen (secondary N) is 1. The second-order valence-electron chi connectivity index (χ2n) is 6.04. The van der Waals surface area contributed by atoms with Crippen molar-refractivity contribution in [2.24, 2.45) is 5.92 Å². The number of nitriles is 1. The van der Waals surface area contributed by atoms with E-state index in [0.717, 1.165) is 31.0 Å². The van der Waals surface area contributed by atoms with Crippen LogP contribution in [0, 0.1) is 17.2 Å². The normalized spacial score (nSPS) is 20.3. The molecule has 2 aromatic rings. The maximum Gasteiger partial charge on any atom is 0.213 e. The summed E-state index contributed by atoms with van der Waals surface area (Å²) in [5.41, 5.74) is 1.87. The van der Waals surface area contributed by atoms with Crippen molar-refractivity contribution in [2.75, 3.05) is 19.7 Å². The van der Waals surface area contributed by atoms with Crippen LogP contribution in [0.1, 0.15) is 29.9 Å². The molecule has 0 unspecified atom stereocenters. The summed E-state index contributed by atoms with van der Waals surface area (Å²) in [7, 11) is 0. The zero-order chi connectivity index (χ0) is 16.8. The maximum atomic E-state index is 8.78. The Kier molecular flexibility index (Phi) is 5.68. The van der Waals surface area contributed by atoms with Gasteiger partial charge >= 0.3 is 0 Å². The molecule has 1 fully saturated rings. The Morgan fingerprint density at radius 2 is 2.08 bits per heavy atom. The van der Waals surface area contributed by atoms with E-state index >= 15 is 0 Å². The van der Waals surface area contributed by atoms with Gasteiger partial charge in [-0.15, -0.1) is 0 Å². The molecule has 3 rings (SSSR count). The number of piperidine rings is 1. The number of nitrogens with zero attached hydrogens (tertiary/aromatic N) is 2. The first kappa shape index (κ1) is 16.8. The highest BCUT2D eigenvalue weighted by atomic mass is 35.5. The molecule has 1 aliphatic heterocycles. The molecule has 124 valence electrons. The molecule has 1 N–H and O–H groups in total. The van der Waals surface area contributed by atoms with E-state index in [1.165, 1.54) is 11.8 Å². The Hall–Kier alpha value is -2.09. The molecule has 1 aliphatic rings. The van der Waals surface area contributed by atoms with Crippen LogP contribution in [-0.4, -0.2) is 24.7 Å². The highest BCUT2D eigenvalue weighted by molar-refractivity contribution is 6.30. The Bertz CT molecular complexity index is 694. The van der Waals surface area contributed by atoms with Crippen molar-refractivity contribution in [3.63, 3.8) is 0 Å². The van der Waals surface area contributed by atoms with Gasteiger partial charge in [-0.05, 0) is 55.0 Å². The van der Waals surface area contributed by atoms with E-state index in [4.69, 9.17) is 21.6 Å². The molecule has 2 atom stereocenters. The van der Waals surface area contributed by atoms with E-state index in [0.29, 0.717) is 29.9 Å². The lowest BCUT2D eigenvalue weighted by Crippen LogP contribution is -2.35. The van der Waals surface area contributed by atoms with Crippen molar-refractivity contribution >= 4 is 11.6 Å². The minimum atomic E-state index is 0.480. The summed E-state index contributed by atoms with van der Waals surface area (Å²) in [4.78, 5) is 4.15. The number of pyridine rings is 1. The number of hydrogen-bond acceptors (Lipinski definition) is 4. The molecule has 0 amide bonds. The standard InChI is InChI=1S/C19H20ClN3O/c20-17-4-2-15(3-5-17)18-13-22-9-7-16(18)8-10-24-19-6-1-14(11-21)12-23-19/h1-6,12,16,18,22H,7-10,13H2/t16-,18+/m0/s1. The van der Waals surface area contributed by atoms with E-state index < -0.39 is 0 Å². The number of benzene rings is 1. The molecule has 24 heavy (non-hydrogen) atoms. The van der Waals surface area contributed by atoms with Crippen LogP contribution in [0.4, 0.5) is 0 Å². The molecule has 4 nitrogen and oxygen atoms in total. The Morgan fingerprint density at radius 3 is 2.79 bits per heavy atom. The van der Waals surface area contributed by atoms with E-state index in [1.54, 1.807) is 12.1 Å². The molecule has 2 heterocycles. The van der Waals surface area contributed by atoms with Crippen molar-refractivity contribution in [3.8, 4) is 11.9 Å². The Labute approximate surface area is 147 Å². The second kappa shape index (κ2) is 8.14. The Balaban J connectivity index is 1.57. The molecule has 1 aromatic heterocycles. The van der Waals surface area contributed by atoms with Crippen LogP contribution in [-0.2, 0) is 0 Å². The minimum Gasteiger partial charge on any atom is -0.478 e. The van der Waals surface area contributed by atoms with Crippen LogP contribution in [0.3, 0.4) is 0 Å². The first-order valence-corrected chi connectivity index (χ1v) is 8.59. The predicted octanol–water partition coefficient (Wildman–Crippen LogP) is 3.77. The molecule has 5 heteroatoms. The summed E-state index contributed by atoms with van der Waals surface area (Å²) >= 11 is 6.00. The number of ether oxygens (including phenoxy) is 1. The SMILES string of the molecule is N#Cc1ccc(OCC[C@@H]2CCNC[C@@H]2c2ccc(Cl)cc2)nc1. The van der Waals surface area contributed by atoms with Gasteiger partial charge in [-0.2, -0.15) is 5.26 Å². The molecule has 0 spiro atoms. The van der Waals surface area contributed by atoms with Crippen molar-refractivity contribution < 1.29 is 4.74 Å². The third kappa shape index (κ3) is 4.25.